The summed E-state index contributed by atoms with van der Waals surface area (Å²) in [5.74, 6) is 0.247. The van der Waals surface area contributed by atoms with Crippen LogP contribution in [0.1, 0.15) is 10.4 Å². The van der Waals surface area contributed by atoms with Crippen molar-refractivity contribution in [2.75, 3.05) is 24.3 Å². The van der Waals surface area contributed by atoms with E-state index < -0.39 is 10.8 Å². The summed E-state index contributed by atoms with van der Waals surface area (Å²) in [6, 6.07) is 6.44. The molecular formula is C13H13N5O3. The molecule has 0 aliphatic carbocycles. The zero-order valence-electron chi connectivity index (χ0n) is 11.5. The zero-order chi connectivity index (χ0) is 15.4. The van der Waals surface area contributed by atoms with Crippen molar-refractivity contribution in [3.05, 3.63) is 52.3 Å². The number of nitrogens with one attached hydrogen (secondary N) is 1. The summed E-state index contributed by atoms with van der Waals surface area (Å²) in [4.78, 5) is 32.0. The summed E-state index contributed by atoms with van der Waals surface area (Å²) in [7, 11) is 3.12. The lowest BCUT2D eigenvalue weighted by Crippen LogP contribution is -2.27. The third-order valence-electron chi connectivity index (χ3n) is 2.86. The molecule has 0 aromatic carbocycles. The zero-order valence-corrected chi connectivity index (χ0v) is 11.5. The molecule has 8 nitrogen and oxygen atoms in total. The Morgan fingerprint density at radius 2 is 2.14 bits per heavy atom. The van der Waals surface area contributed by atoms with Gasteiger partial charge in [-0.15, -0.1) is 0 Å². The lowest BCUT2D eigenvalue weighted by atomic mass is 10.2. The summed E-state index contributed by atoms with van der Waals surface area (Å²) in [6.45, 7) is 0. The number of pyridine rings is 2. The highest BCUT2D eigenvalue weighted by Crippen LogP contribution is 2.23. The number of carbonyl (C=O) groups is 1. The minimum atomic E-state index is -0.633. The number of amides is 1. The molecule has 108 valence electrons. The van der Waals surface area contributed by atoms with Gasteiger partial charge >= 0.3 is 0 Å². The lowest BCUT2D eigenvalue weighted by Gasteiger charge is -2.16. The van der Waals surface area contributed by atoms with Crippen LogP contribution in [0.5, 0.6) is 0 Å². The Bertz CT molecular complexity index is 675. The Morgan fingerprint density at radius 1 is 1.38 bits per heavy atom. The van der Waals surface area contributed by atoms with Gasteiger partial charge in [-0.05, 0) is 12.1 Å². The van der Waals surface area contributed by atoms with Gasteiger partial charge in [0.05, 0.1) is 4.92 Å². The van der Waals surface area contributed by atoms with Gasteiger partial charge in [-0.2, -0.15) is 0 Å². The third-order valence-corrected chi connectivity index (χ3v) is 2.86. The Morgan fingerprint density at radius 3 is 2.71 bits per heavy atom. The van der Waals surface area contributed by atoms with E-state index in [0.29, 0.717) is 11.6 Å². The normalized spacial score (nSPS) is 10.0. The molecule has 0 fully saturated rings. The van der Waals surface area contributed by atoms with Crippen LogP contribution >= 0.6 is 0 Å². The minimum Gasteiger partial charge on any atom is -0.373 e. The van der Waals surface area contributed by atoms with Crippen molar-refractivity contribution >= 4 is 23.2 Å². The van der Waals surface area contributed by atoms with Gasteiger partial charge in [-0.3, -0.25) is 19.8 Å². The van der Waals surface area contributed by atoms with Crippen LogP contribution in [0.25, 0.3) is 0 Å². The van der Waals surface area contributed by atoms with Crippen LogP contribution in [0.2, 0.25) is 0 Å². The number of rotatable bonds is 4. The van der Waals surface area contributed by atoms with E-state index in [0.717, 1.165) is 6.20 Å². The van der Waals surface area contributed by atoms with Gasteiger partial charge in [0, 0.05) is 26.4 Å². The van der Waals surface area contributed by atoms with Gasteiger partial charge in [0.2, 0.25) is 0 Å². The highest BCUT2D eigenvalue weighted by atomic mass is 16.6. The highest BCUT2D eigenvalue weighted by molar-refractivity contribution is 6.08. The number of nitrogens with zero attached hydrogens (tertiary/aromatic N) is 4. The van der Waals surface area contributed by atoms with E-state index in [-0.39, 0.29) is 11.3 Å². The van der Waals surface area contributed by atoms with E-state index >= 15 is 0 Å². The molecular weight excluding hydrogens is 274 g/mol. The van der Waals surface area contributed by atoms with Gasteiger partial charge in [0.15, 0.2) is 0 Å². The molecule has 0 saturated heterocycles. The van der Waals surface area contributed by atoms with Crippen molar-refractivity contribution < 1.29 is 9.72 Å². The predicted octanol–water partition coefficient (Wildman–Crippen LogP) is 1.70. The molecule has 1 N–H and O–H groups in total. The third kappa shape index (κ3) is 2.94. The second-order valence-corrected chi connectivity index (χ2v) is 4.15. The fourth-order valence-corrected chi connectivity index (χ4v) is 1.74. The van der Waals surface area contributed by atoms with Crippen LogP contribution in [-0.2, 0) is 0 Å². The first-order valence-corrected chi connectivity index (χ1v) is 6.06. The number of hydrogen-bond donors (Lipinski definition) is 1. The molecule has 1 amide bonds. The molecule has 8 heteroatoms. The highest BCUT2D eigenvalue weighted by Gasteiger charge is 2.25. The molecule has 0 radical (unpaired) electrons. The molecule has 2 heterocycles. The van der Waals surface area contributed by atoms with Gasteiger partial charge < -0.3 is 5.32 Å². The van der Waals surface area contributed by atoms with Gasteiger partial charge in [-0.25, -0.2) is 9.97 Å². The number of hydrogen-bond acceptors (Lipinski definition) is 6. The molecule has 0 spiro atoms. The Balaban J connectivity index is 2.44. The van der Waals surface area contributed by atoms with Crippen LogP contribution in [0.4, 0.5) is 17.3 Å². The Hall–Kier alpha value is -3.03. The molecule has 0 saturated carbocycles. The monoisotopic (exact) mass is 287 g/mol. The van der Waals surface area contributed by atoms with E-state index in [1.165, 1.54) is 18.0 Å². The topological polar surface area (TPSA) is 101 Å². The van der Waals surface area contributed by atoms with Crippen LogP contribution in [-0.4, -0.2) is 34.9 Å². The largest absolute Gasteiger partial charge is 0.373 e. The van der Waals surface area contributed by atoms with Gasteiger partial charge in [-0.1, -0.05) is 6.07 Å². The van der Waals surface area contributed by atoms with E-state index in [1.807, 2.05) is 0 Å². The van der Waals surface area contributed by atoms with Crippen LogP contribution in [0.15, 0.2) is 36.7 Å². The molecule has 0 unspecified atom stereocenters. The number of carbonyl (C=O) groups excluding carboxylic acids is 1. The fourth-order valence-electron chi connectivity index (χ4n) is 1.74. The molecule has 21 heavy (non-hydrogen) atoms. The maximum atomic E-state index is 12.5. The first kappa shape index (κ1) is 14.4. The van der Waals surface area contributed by atoms with Crippen molar-refractivity contribution in [2.24, 2.45) is 0 Å². The summed E-state index contributed by atoms with van der Waals surface area (Å²) >= 11 is 0. The molecule has 2 aromatic heterocycles. The Labute approximate surface area is 120 Å². The second-order valence-electron chi connectivity index (χ2n) is 4.15. The van der Waals surface area contributed by atoms with Crippen molar-refractivity contribution in [2.45, 2.75) is 0 Å². The van der Waals surface area contributed by atoms with Gasteiger partial charge in [0.25, 0.3) is 11.6 Å². The van der Waals surface area contributed by atoms with E-state index in [1.54, 1.807) is 31.4 Å². The maximum absolute atomic E-state index is 12.5. The van der Waals surface area contributed by atoms with Crippen molar-refractivity contribution in [3.63, 3.8) is 0 Å². The molecule has 0 bridgehead atoms. The predicted molar refractivity (Wildman–Crippen MR) is 77.4 cm³/mol. The van der Waals surface area contributed by atoms with Crippen LogP contribution < -0.4 is 10.2 Å². The standard InChI is InChI=1S/C13H13N5O3/c1-14-11-7-9(10(8-16-11)18(20)21)13(19)17(2)12-5-3-4-6-15-12/h3-8H,1-2H3,(H,14,16). The summed E-state index contributed by atoms with van der Waals surface area (Å²) in [6.07, 6.45) is 2.60. The summed E-state index contributed by atoms with van der Waals surface area (Å²) < 4.78 is 0. The second kappa shape index (κ2) is 5.95. The lowest BCUT2D eigenvalue weighted by molar-refractivity contribution is -0.385. The average molecular weight is 287 g/mol. The maximum Gasteiger partial charge on any atom is 0.300 e. The van der Waals surface area contributed by atoms with Crippen molar-refractivity contribution in [1.82, 2.24) is 9.97 Å². The summed E-state index contributed by atoms with van der Waals surface area (Å²) in [5, 5.41) is 13.8. The summed E-state index contributed by atoms with van der Waals surface area (Å²) in [5.41, 5.74) is -0.394. The molecule has 2 rings (SSSR count). The van der Waals surface area contributed by atoms with Crippen LogP contribution in [0, 0.1) is 10.1 Å². The smallest absolute Gasteiger partial charge is 0.300 e. The quantitative estimate of drug-likeness (QED) is 0.678. The number of nitro groups is 1. The first-order valence-electron chi connectivity index (χ1n) is 6.06. The van der Waals surface area contributed by atoms with E-state index in [4.69, 9.17) is 0 Å². The van der Waals surface area contributed by atoms with Crippen molar-refractivity contribution in [1.29, 1.82) is 0 Å². The molecule has 0 aliphatic rings. The van der Waals surface area contributed by atoms with E-state index in [9.17, 15) is 14.9 Å². The SMILES string of the molecule is CNc1cc(C(=O)N(C)c2ccccn2)c([N+](=O)[O-])cn1. The number of aromatic nitrogens is 2. The average Bonchev–Trinajstić information content (AvgIpc) is 2.53. The van der Waals surface area contributed by atoms with Crippen LogP contribution in [0.3, 0.4) is 0 Å². The molecule has 0 aliphatic heterocycles. The Kier molecular flexibility index (Phi) is 4.07. The van der Waals surface area contributed by atoms with Crippen molar-refractivity contribution in [3.8, 4) is 0 Å². The number of anilines is 2. The molecule has 2 aromatic rings. The first-order chi connectivity index (χ1) is 10.0. The van der Waals surface area contributed by atoms with E-state index in [2.05, 4.69) is 15.3 Å². The van der Waals surface area contributed by atoms with Gasteiger partial charge in [0.1, 0.15) is 23.4 Å². The molecule has 0 atom stereocenters. The fraction of sp³-hybridized carbons (Fsp3) is 0.154. The minimum absolute atomic E-state index is 0.0486.